The van der Waals surface area contributed by atoms with Gasteiger partial charge in [-0.3, -0.25) is 4.90 Å². The summed E-state index contributed by atoms with van der Waals surface area (Å²) in [5.74, 6) is 0. The molecule has 0 saturated carbocycles. The van der Waals surface area contributed by atoms with Gasteiger partial charge in [-0.15, -0.1) is 11.3 Å². The van der Waals surface area contributed by atoms with E-state index in [2.05, 4.69) is 39.8 Å². The van der Waals surface area contributed by atoms with Gasteiger partial charge >= 0.3 is 6.03 Å². The lowest BCUT2D eigenvalue weighted by atomic mass is 10.00. The summed E-state index contributed by atoms with van der Waals surface area (Å²) in [4.78, 5) is 14.1. The number of fused-ring (bicyclic) bond motifs is 1. The molecule has 0 spiro atoms. The number of aliphatic hydroxyl groups is 1. The molecule has 1 aromatic carbocycles. The molecule has 1 unspecified atom stereocenters. The molecule has 1 aliphatic heterocycles. The number of anilines is 1. The molecule has 6 heteroatoms. The summed E-state index contributed by atoms with van der Waals surface area (Å²) < 4.78 is 0. The molecule has 2 amide bonds. The third-order valence-electron chi connectivity index (χ3n) is 4.28. The van der Waals surface area contributed by atoms with Crippen molar-refractivity contribution in [1.82, 2.24) is 10.2 Å². The van der Waals surface area contributed by atoms with E-state index in [1.807, 2.05) is 17.7 Å². The summed E-state index contributed by atoms with van der Waals surface area (Å²) in [6.45, 7) is 4.55. The molecule has 0 bridgehead atoms. The number of benzene rings is 1. The lowest BCUT2D eigenvalue weighted by Crippen LogP contribution is -2.42. The number of hydrogen-bond acceptors (Lipinski definition) is 4. The van der Waals surface area contributed by atoms with Crippen molar-refractivity contribution in [3.63, 3.8) is 0 Å². The Bertz CT molecular complexity index is 701. The predicted octanol–water partition coefficient (Wildman–Crippen LogP) is 2.60. The Morgan fingerprint density at radius 1 is 1.33 bits per heavy atom. The molecule has 24 heavy (non-hydrogen) atoms. The summed E-state index contributed by atoms with van der Waals surface area (Å²) in [5, 5.41) is 19.6. The second-order valence-corrected chi connectivity index (χ2v) is 6.95. The van der Waals surface area contributed by atoms with Crippen molar-refractivity contribution in [2.75, 3.05) is 25.0 Å². The van der Waals surface area contributed by atoms with Crippen LogP contribution in [0, 0.1) is 6.92 Å². The molecule has 0 aliphatic carbocycles. The molecule has 5 nitrogen and oxygen atoms in total. The summed E-state index contributed by atoms with van der Waals surface area (Å²) in [7, 11) is 0. The van der Waals surface area contributed by atoms with Gasteiger partial charge in [0.1, 0.15) is 0 Å². The molecule has 128 valence electrons. The highest BCUT2D eigenvalue weighted by molar-refractivity contribution is 7.08. The van der Waals surface area contributed by atoms with E-state index in [4.69, 9.17) is 0 Å². The topological polar surface area (TPSA) is 64.6 Å². The quantitative estimate of drug-likeness (QED) is 0.780. The first kappa shape index (κ1) is 17.0. The largest absolute Gasteiger partial charge is 0.390 e. The summed E-state index contributed by atoms with van der Waals surface area (Å²) in [6, 6.07) is 8.15. The Hall–Kier alpha value is -1.89. The van der Waals surface area contributed by atoms with Gasteiger partial charge in [-0.05, 0) is 35.4 Å². The fraction of sp³-hybridized carbons (Fsp3) is 0.389. The second kappa shape index (κ2) is 7.79. The number of rotatable bonds is 5. The van der Waals surface area contributed by atoms with E-state index >= 15 is 0 Å². The minimum Gasteiger partial charge on any atom is -0.390 e. The summed E-state index contributed by atoms with van der Waals surface area (Å²) in [5.41, 5.74) is 4.59. The van der Waals surface area contributed by atoms with Crippen LogP contribution >= 0.6 is 11.3 Å². The van der Waals surface area contributed by atoms with Gasteiger partial charge in [0.2, 0.25) is 0 Å². The predicted molar refractivity (Wildman–Crippen MR) is 97.5 cm³/mol. The maximum atomic E-state index is 11.9. The molecule has 1 aliphatic rings. The van der Waals surface area contributed by atoms with Crippen molar-refractivity contribution in [3.8, 4) is 0 Å². The van der Waals surface area contributed by atoms with Crippen LogP contribution in [-0.2, 0) is 13.0 Å². The number of nitrogens with zero attached hydrogens (tertiary/aromatic N) is 1. The first-order valence-corrected chi connectivity index (χ1v) is 9.11. The van der Waals surface area contributed by atoms with Crippen LogP contribution in [0.15, 0.2) is 35.0 Å². The second-order valence-electron chi connectivity index (χ2n) is 6.21. The highest BCUT2D eigenvalue weighted by atomic mass is 32.1. The highest BCUT2D eigenvalue weighted by Crippen LogP contribution is 2.19. The molecule has 0 saturated heterocycles. The summed E-state index contributed by atoms with van der Waals surface area (Å²) >= 11 is 1.55. The van der Waals surface area contributed by atoms with Crippen LogP contribution in [0.25, 0.3) is 0 Å². The third kappa shape index (κ3) is 4.35. The smallest absolute Gasteiger partial charge is 0.319 e. The molecule has 2 aromatic rings. The number of aliphatic hydroxyl groups excluding tert-OH is 1. The van der Waals surface area contributed by atoms with Crippen LogP contribution in [0.5, 0.6) is 0 Å². The standard InChI is InChI=1S/C18H23N3O2S/c1-13-11-24-12-17(13)20-18(23)19-8-16(22)10-21-7-6-14-4-2-3-5-15(14)9-21/h2-5,11-12,16,22H,6-10H2,1H3,(H2,19,20,23). The van der Waals surface area contributed by atoms with Gasteiger partial charge in [-0.25, -0.2) is 4.79 Å². The minimum absolute atomic E-state index is 0.243. The van der Waals surface area contributed by atoms with E-state index < -0.39 is 6.10 Å². The van der Waals surface area contributed by atoms with Gasteiger partial charge in [0.15, 0.2) is 0 Å². The molecule has 1 aromatic heterocycles. The van der Waals surface area contributed by atoms with E-state index in [-0.39, 0.29) is 12.6 Å². The van der Waals surface area contributed by atoms with Gasteiger partial charge in [-0.2, -0.15) is 0 Å². The Labute approximate surface area is 146 Å². The number of urea groups is 1. The van der Waals surface area contributed by atoms with Crippen molar-refractivity contribution in [1.29, 1.82) is 0 Å². The molecule has 0 radical (unpaired) electrons. The van der Waals surface area contributed by atoms with Crippen LogP contribution in [0.3, 0.4) is 0 Å². The SMILES string of the molecule is Cc1cscc1NC(=O)NCC(O)CN1CCc2ccccc2C1. The van der Waals surface area contributed by atoms with Crippen LogP contribution in [0.2, 0.25) is 0 Å². The van der Waals surface area contributed by atoms with Crippen LogP contribution < -0.4 is 10.6 Å². The van der Waals surface area contributed by atoms with E-state index in [9.17, 15) is 9.90 Å². The van der Waals surface area contributed by atoms with Gasteiger partial charge in [0.05, 0.1) is 11.8 Å². The Kier molecular flexibility index (Phi) is 5.50. The van der Waals surface area contributed by atoms with Crippen LogP contribution in [-0.4, -0.2) is 41.8 Å². The molecule has 1 atom stereocenters. The van der Waals surface area contributed by atoms with Gasteiger partial charge < -0.3 is 15.7 Å². The number of amides is 2. The average molecular weight is 345 g/mol. The number of nitrogens with one attached hydrogen (secondary N) is 2. The van der Waals surface area contributed by atoms with E-state index in [1.54, 1.807) is 11.3 Å². The van der Waals surface area contributed by atoms with Crippen molar-refractivity contribution in [3.05, 3.63) is 51.7 Å². The minimum atomic E-state index is -0.579. The number of carbonyl (C=O) groups is 1. The zero-order chi connectivity index (χ0) is 16.9. The number of carbonyl (C=O) groups excluding carboxylic acids is 1. The molecular formula is C18H23N3O2S. The fourth-order valence-electron chi connectivity index (χ4n) is 2.94. The molecule has 0 fully saturated rings. The lowest BCUT2D eigenvalue weighted by Gasteiger charge is -2.30. The lowest BCUT2D eigenvalue weighted by molar-refractivity contribution is 0.106. The Balaban J connectivity index is 1.42. The first-order chi connectivity index (χ1) is 11.6. The Morgan fingerprint density at radius 2 is 2.12 bits per heavy atom. The molecular weight excluding hydrogens is 322 g/mol. The van der Waals surface area contributed by atoms with Gasteiger partial charge in [0, 0.05) is 31.6 Å². The summed E-state index contributed by atoms with van der Waals surface area (Å²) in [6.07, 6.45) is 0.429. The number of β-amino-alcohol motifs (C(OH)–C–C–N with tert-alkyl or cyclic N) is 1. The van der Waals surface area contributed by atoms with Gasteiger partial charge in [0.25, 0.3) is 0 Å². The van der Waals surface area contributed by atoms with E-state index in [0.717, 1.165) is 30.8 Å². The normalized spacial score (nSPS) is 15.6. The average Bonchev–Trinajstić information content (AvgIpc) is 2.98. The van der Waals surface area contributed by atoms with Crippen molar-refractivity contribution < 1.29 is 9.90 Å². The third-order valence-corrected chi connectivity index (χ3v) is 5.14. The van der Waals surface area contributed by atoms with Crippen molar-refractivity contribution >= 4 is 23.1 Å². The van der Waals surface area contributed by atoms with Crippen molar-refractivity contribution in [2.24, 2.45) is 0 Å². The molecule has 2 heterocycles. The monoisotopic (exact) mass is 345 g/mol. The van der Waals surface area contributed by atoms with Crippen molar-refractivity contribution in [2.45, 2.75) is 26.0 Å². The Morgan fingerprint density at radius 3 is 2.88 bits per heavy atom. The number of thiophene rings is 1. The van der Waals surface area contributed by atoms with E-state index in [0.29, 0.717) is 6.54 Å². The molecule has 3 rings (SSSR count). The van der Waals surface area contributed by atoms with Crippen LogP contribution in [0.1, 0.15) is 16.7 Å². The fourth-order valence-corrected chi connectivity index (χ4v) is 3.72. The molecule has 3 N–H and O–H groups in total. The van der Waals surface area contributed by atoms with Gasteiger partial charge in [-0.1, -0.05) is 24.3 Å². The van der Waals surface area contributed by atoms with E-state index in [1.165, 1.54) is 11.1 Å². The first-order valence-electron chi connectivity index (χ1n) is 8.16. The highest BCUT2D eigenvalue weighted by Gasteiger charge is 2.18. The van der Waals surface area contributed by atoms with Crippen LogP contribution in [0.4, 0.5) is 10.5 Å². The zero-order valence-corrected chi connectivity index (χ0v) is 14.6. The zero-order valence-electron chi connectivity index (χ0n) is 13.8. The maximum absolute atomic E-state index is 11.9. The number of hydrogen-bond donors (Lipinski definition) is 3. The maximum Gasteiger partial charge on any atom is 0.319 e. The number of aryl methyl sites for hydroxylation is 1.